The maximum absolute atomic E-state index is 10.3. The van der Waals surface area contributed by atoms with Gasteiger partial charge in [0.15, 0.2) is 0 Å². The van der Waals surface area contributed by atoms with Gasteiger partial charge >= 0.3 is 5.97 Å². The van der Waals surface area contributed by atoms with Crippen LogP contribution in [-0.2, 0) is 9.68 Å². The van der Waals surface area contributed by atoms with Gasteiger partial charge in [0.2, 0.25) is 0 Å². The van der Waals surface area contributed by atoms with Gasteiger partial charge in [-0.1, -0.05) is 74.8 Å². The first kappa shape index (κ1) is 22.4. The molecule has 0 rings (SSSR count). The fourth-order valence-electron chi connectivity index (χ4n) is 2.06. The number of carboxylic acids is 1. The number of carboxylic acid groups (broad SMARTS) is 1. The van der Waals surface area contributed by atoms with E-state index in [1.165, 1.54) is 0 Å². The summed E-state index contributed by atoms with van der Waals surface area (Å²) in [7, 11) is 0. The van der Waals surface area contributed by atoms with E-state index in [2.05, 4.69) is 30.0 Å². The predicted octanol–water partition coefficient (Wildman–Crippen LogP) is 5.68. The molecule has 0 radical (unpaired) electrons. The van der Waals surface area contributed by atoms with E-state index in [1.54, 1.807) is 0 Å². The smallest absolute Gasteiger partial charge is 0.303 e. The van der Waals surface area contributed by atoms with Crippen LogP contribution >= 0.6 is 0 Å². The molecule has 2 N–H and O–H groups in total. The monoisotopic (exact) mass is 336 g/mol. The van der Waals surface area contributed by atoms with Crippen molar-refractivity contribution in [1.29, 1.82) is 0 Å². The van der Waals surface area contributed by atoms with Crippen molar-refractivity contribution in [2.75, 3.05) is 0 Å². The highest BCUT2D eigenvalue weighted by molar-refractivity contribution is 5.66. The Balaban J connectivity index is 3.70. The molecule has 0 unspecified atom stereocenters. The van der Waals surface area contributed by atoms with Gasteiger partial charge in [0.1, 0.15) is 6.10 Å². The quantitative estimate of drug-likeness (QED) is 0.133. The molecule has 0 aliphatic rings. The lowest BCUT2D eigenvalue weighted by Gasteiger charge is -2.07. The van der Waals surface area contributed by atoms with Crippen molar-refractivity contribution in [1.82, 2.24) is 0 Å². The molecule has 0 saturated heterocycles. The van der Waals surface area contributed by atoms with Crippen molar-refractivity contribution in [3.05, 3.63) is 48.6 Å². The van der Waals surface area contributed by atoms with Crippen LogP contribution < -0.4 is 0 Å². The fraction of sp³-hybridized carbons (Fsp3) is 0.550. The standard InChI is InChI=1S/C20H32O4/c1-2-3-13-16-19(24-23)17-14-11-9-7-5-4-6-8-10-12-15-18-20(21)22/h4-5,8-11,14,17,19,23H,2-3,6-7,12-13,15-16,18H2,1H3,(H,21,22)/b5-4-,10-8+,11-9+,17-14+/t19-/m0/s1. The molecule has 0 amide bonds. The minimum absolute atomic E-state index is 0.219. The largest absolute Gasteiger partial charge is 0.481 e. The molecule has 0 aromatic heterocycles. The summed E-state index contributed by atoms with van der Waals surface area (Å²) < 4.78 is 0. The van der Waals surface area contributed by atoms with Gasteiger partial charge in [0, 0.05) is 6.42 Å². The van der Waals surface area contributed by atoms with E-state index < -0.39 is 5.97 Å². The van der Waals surface area contributed by atoms with Crippen LogP contribution in [0.15, 0.2) is 48.6 Å². The van der Waals surface area contributed by atoms with Crippen molar-refractivity contribution in [3.63, 3.8) is 0 Å². The Bertz CT molecular complexity index is 408. The van der Waals surface area contributed by atoms with Gasteiger partial charge in [-0.15, -0.1) is 0 Å². The normalized spacial score (nSPS) is 13.8. The second kappa shape index (κ2) is 17.7. The Morgan fingerprint density at radius 1 is 1.00 bits per heavy atom. The van der Waals surface area contributed by atoms with Crippen LogP contribution in [0.2, 0.25) is 0 Å². The molecule has 0 aromatic carbocycles. The summed E-state index contributed by atoms with van der Waals surface area (Å²) >= 11 is 0. The topological polar surface area (TPSA) is 66.8 Å². The Labute approximate surface area is 146 Å². The SMILES string of the molecule is CCCCC[C@@H](/C=C/C=C/C/C=C\C/C=C/CCCC(=O)O)OO. The second-order valence-corrected chi connectivity index (χ2v) is 5.65. The van der Waals surface area contributed by atoms with Crippen LogP contribution in [0.4, 0.5) is 0 Å². The van der Waals surface area contributed by atoms with Gasteiger partial charge in [-0.2, -0.15) is 0 Å². The fourth-order valence-corrected chi connectivity index (χ4v) is 2.06. The van der Waals surface area contributed by atoms with Crippen molar-refractivity contribution in [3.8, 4) is 0 Å². The predicted molar refractivity (Wildman–Crippen MR) is 98.9 cm³/mol. The zero-order valence-electron chi connectivity index (χ0n) is 14.8. The number of hydrogen-bond donors (Lipinski definition) is 2. The number of unbranched alkanes of at least 4 members (excludes halogenated alkanes) is 3. The number of aliphatic carboxylic acids is 1. The van der Waals surface area contributed by atoms with E-state index in [0.29, 0.717) is 6.42 Å². The molecule has 0 heterocycles. The third kappa shape index (κ3) is 16.7. The average Bonchev–Trinajstić information content (AvgIpc) is 2.57. The van der Waals surface area contributed by atoms with E-state index in [0.717, 1.165) is 44.9 Å². The maximum atomic E-state index is 10.3. The summed E-state index contributed by atoms with van der Waals surface area (Å²) in [6.45, 7) is 2.15. The van der Waals surface area contributed by atoms with E-state index in [-0.39, 0.29) is 12.5 Å². The minimum Gasteiger partial charge on any atom is -0.481 e. The zero-order valence-corrected chi connectivity index (χ0v) is 14.8. The summed E-state index contributed by atoms with van der Waals surface area (Å²) in [4.78, 5) is 14.8. The Hall–Kier alpha value is -1.65. The molecule has 0 aromatic rings. The highest BCUT2D eigenvalue weighted by atomic mass is 17.1. The molecule has 1 atom stereocenters. The van der Waals surface area contributed by atoms with Crippen LogP contribution in [0.5, 0.6) is 0 Å². The maximum Gasteiger partial charge on any atom is 0.303 e. The highest BCUT2D eigenvalue weighted by Crippen LogP contribution is 2.07. The van der Waals surface area contributed by atoms with E-state index in [9.17, 15) is 4.79 Å². The lowest BCUT2D eigenvalue weighted by atomic mass is 10.1. The molecule has 0 aliphatic carbocycles. The van der Waals surface area contributed by atoms with Crippen LogP contribution in [0.1, 0.15) is 64.7 Å². The number of allylic oxidation sites excluding steroid dienone is 7. The third-order valence-corrected chi connectivity index (χ3v) is 3.44. The van der Waals surface area contributed by atoms with E-state index >= 15 is 0 Å². The Kier molecular flexibility index (Phi) is 16.5. The van der Waals surface area contributed by atoms with E-state index in [1.807, 2.05) is 30.4 Å². The van der Waals surface area contributed by atoms with Gasteiger partial charge in [0.05, 0.1) is 0 Å². The molecule has 0 fully saturated rings. The van der Waals surface area contributed by atoms with Crippen LogP contribution in [0.3, 0.4) is 0 Å². The van der Waals surface area contributed by atoms with Crippen molar-refractivity contribution in [2.24, 2.45) is 0 Å². The highest BCUT2D eigenvalue weighted by Gasteiger charge is 2.02. The zero-order chi connectivity index (χ0) is 17.9. The first-order chi connectivity index (χ1) is 11.7. The summed E-state index contributed by atoms with van der Waals surface area (Å²) in [5.41, 5.74) is 0. The summed E-state index contributed by atoms with van der Waals surface area (Å²) in [6, 6.07) is 0. The summed E-state index contributed by atoms with van der Waals surface area (Å²) in [5.74, 6) is -0.734. The average molecular weight is 336 g/mol. The summed E-state index contributed by atoms with van der Waals surface area (Å²) in [5, 5.41) is 17.3. The van der Waals surface area contributed by atoms with E-state index in [4.69, 9.17) is 10.4 Å². The Morgan fingerprint density at radius 3 is 2.38 bits per heavy atom. The van der Waals surface area contributed by atoms with Gasteiger partial charge in [-0.25, -0.2) is 4.89 Å². The molecule has 0 spiro atoms. The number of carbonyl (C=O) groups is 1. The van der Waals surface area contributed by atoms with Gasteiger partial charge < -0.3 is 5.11 Å². The number of rotatable bonds is 15. The molecular weight excluding hydrogens is 304 g/mol. The molecule has 4 heteroatoms. The molecule has 4 nitrogen and oxygen atoms in total. The lowest BCUT2D eigenvalue weighted by molar-refractivity contribution is -0.267. The molecule has 0 saturated carbocycles. The van der Waals surface area contributed by atoms with Gasteiger partial charge in [-0.3, -0.25) is 10.1 Å². The van der Waals surface area contributed by atoms with Gasteiger partial charge in [-0.05, 0) is 32.1 Å². The minimum atomic E-state index is -0.734. The molecular formula is C20H32O4. The second-order valence-electron chi connectivity index (χ2n) is 5.65. The third-order valence-electron chi connectivity index (χ3n) is 3.44. The Morgan fingerprint density at radius 2 is 1.71 bits per heavy atom. The first-order valence-electron chi connectivity index (χ1n) is 8.86. The van der Waals surface area contributed by atoms with Crippen LogP contribution in [0, 0.1) is 0 Å². The molecule has 136 valence electrons. The molecule has 0 bridgehead atoms. The molecule has 24 heavy (non-hydrogen) atoms. The van der Waals surface area contributed by atoms with Crippen molar-refractivity contribution < 1.29 is 20.0 Å². The van der Waals surface area contributed by atoms with Crippen LogP contribution in [0.25, 0.3) is 0 Å². The van der Waals surface area contributed by atoms with Crippen molar-refractivity contribution in [2.45, 2.75) is 70.8 Å². The van der Waals surface area contributed by atoms with Gasteiger partial charge in [0.25, 0.3) is 0 Å². The lowest BCUT2D eigenvalue weighted by Crippen LogP contribution is -2.06. The molecule has 0 aliphatic heterocycles. The first-order valence-corrected chi connectivity index (χ1v) is 8.86. The summed E-state index contributed by atoms with van der Waals surface area (Å²) in [6.07, 6.45) is 23.5. The number of hydrogen-bond acceptors (Lipinski definition) is 3. The van der Waals surface area contributed by atoms with Crippen LogP contribution in [-0.4, -0.2) is 22.4 Å². The van der Waals surface area contributed by atoms with Crippen molar-refractivity contribution >= 4 is 5.97 Å².